The molecule has 25 heavy (non-hydrogen) atoms. The normalized spacial score (nSPS) is 10.9. The number of anilines is 1. The van der Waals surface area contributed by atoms with E-state index in [9.17, 15) is 18.8 Å². The molecule has 0 atom stereocenters. The number of rotatable bonds is 4. The maximum atomic E-state index is 12.9. The molecule has 2 aromatic carbocycles. The van der Waals surface area contributed by atoms with E-state index in [2.05, 4.69) is 15.8 Å². The molecule has 0 radical (unpaired) electrons. The molecular weight excluding hydrogens is 327 g/mol. The molecule has 2 rings (SSSR count). The summed E-state index contributed by atoms with van der Waals surface area (Å²) in [4.78, 5) is 34.5. The number of hydrogen-bond acceptors (Lipinski definition) is 4. The van der Waals surface area contributed by atoms with Gasteiger partial charge in [-0.2, -0.15) is 5.10 Å². The molecule has 0 unspecified atom stereocenters. The van der Waals surface area contributed by atoms with Crippen molar-refractivity contribution in [3.8, 4) is 0 Å². The number of amides is 3. The number of nitrogens with zero attached hydrogens (tertiary/aromatic N) is 1. The van der Waals surface area contributed by atoms with Crippen LogP contribution in [0.3, 0.4) is 0 Å². The molecule has 4 N–H and O–H groups in total. The fraction of sp³-hybridized carbons (Fsp3) is 0.0588. The molecule has 0 aromatic heterocycles. The topological polar surface area (TPSA) is 114 Å². The second kappa shape index (κ2) is 7.82. The lowest BCUT2D eigenvalue weighted by Gasteiger charge is -2.05. The number of carbonyl (C=O) groups is 3. The number of carbonyl (C=O) groups excluding carboxylic acids is 3. The molecule has 0 heterocycles. The molecule has 7 nitrogen and oxygen atoms in total. The van der Waals surface area contributed by atoms with Gasteiger partial charge in [0.15, 0.2) is 0 Å². The van der Waals surface area contributed by atoms with E-state index in [1.54, 1.807) is 6.92 Å². The van der Waals surface area contributed by atoms with Gasteiger partial charge in [0, 0.05) is 11.3 Å². The summed E-state index contributed by atoms with van der Waals surface area (Å²) in [6.45, 7) is 1.61. The van der Waals surface area contributed by atoms with Gasteiger partial charge in [-0.05, 0) is 48.9 Å². The Labute approximate surface area is 142 Å². The molecule has 0 aliphatic heterocycles. The number of hydrazone groups is 1. The van der Waals surface area contributed by atoms with Crippen LogP contribution in [0.5, 0.6) is 0 Å². The highest BCUT2D eigenvalue weighted by Gasteiger charge is 2.13. The zero-order valence-corrected chi connectivity index (χ0v) is 13.2. The predicted octanol–water partition coefficient (Wildman–Crippen LogP) is 1.40. The lowest BCUT2D eigenvalue weighted by atomic mass is 10.1. The molecule has 2 aromatic rings. The summed E-state index contributed by atoms with van der Waals surface area (Å²) in [5, 5.41) is 6.15. The first kappa shape index (κ1) is 17.8. The van der Waals surface area contributed by atoms with Crippen LogP contribution in [0.4, 0.5) is 10.1 Å². The smallest absolute Gasteiger partial charge is 0.329 e. The molecule has 0 saturated heterocycles. The molecule has 3 amide bonds. The monoisotopic (exact) mass is 342 g/mol. The van der Waals surface area contributed by atoms with Gasteiger partial charge in [0.1, 0.15) is 5.82 Å². The van der Waals surface area contributed by atoms with Crippen molar-refractivity contribution in [3.05, 3.63) is 65.5 Å². The number of nitrogens with one attached hydrogen (secondary N) is 2. The number of nitrogens with two attached hydrogens (primary N) is 1. The third-order valence-electron chi connectivity index (χ3n) is 3.22. The summed E-state index contributed by atoms with van der Waals surface area (Å²) < 4.78 is 12.9. The Morgan fingerprint density at radius 1 is 0.920 bits per heavy atom. The maximum Gasteiger partial charge on any atom is 0.329 e. The molecule has 0 aliphatic carbocycles. The average Bonchev–Trinajstić information content (AvgIpc) is 2.60. The molecule has 0 spiro atoms. The highest BCUT2D eigenvalue weighted by molar-refractivity contribution is 6.39. The molecule has 0 bridgehead atoms. The summed E-state index contributed by atoms with van der Waals surface area (Å²) in [7, 11) is 0. The average molecular weight is 342 g/mol. The van der Waals surface area contributed by atoms with Gasteiger partial charge in [-0.3, -0.25) is 14.4 Å². The summed E-state index contributed by atoms with van der Waals surface area (Å²) in [5.41, 5.74) is 8.84. The van der Waals surface area contributed by atoms with Gasteiger partial charge >= 0.3 is 11.8 Å². The van der Waals surface area contributed by atoms with Gasteiger partial charge in [0.05, 0.1) is 5.71 Å². The third-order valence-corrected chi connectivity index (χ3v) is 3.22. The number of primary amides is 1. The Morgan fingerprint density at radius 2 is 1.48 bits per heavy atom. The van der Waals surface area contributed by atoms with E-state index < -0.39 is 17.7 Å². The fourth-order valence-corrected chi connectivity index (χ4v) is 1.85. The zero-order chi connectivity index (χ0) is 18.4. The van der Waals surface area contributed by atoms with Crippen molar-refractivity contribution in [1.82, 2.24) is 5.43 Å². The number of benzene rings is 2. The molecule has 128 valence electrons. The second-order valence-corrected chi connectivity index (χ2v) is 5.04. The van der Waals surface area contributed by atoms with Crippen LogP contribution in [0, 0.1) is 5.82 Å². The van der Waals surface area contributed by atoms with Crippen LogP contribution in [-0.4, -0.2) is 23.4 Å². The highest BCUT2D eigenvalue weighted by Crippen LogP contribution is 2.09. The minimum Gasteiger partial charge on any atom is -0.366 e. The van der Waals surface area contributed by atoms with Gasteiger partial charge in [-0.25, -0.2) is 9.82 Å². The van der Waals surface area contributed by atoms with E-state index in [-0.39, 0.29) is 11.4 Å². The van der Waals surface area contributed by atoms with E-state index in [0.29, 0.717) is 17.0 Å². The SMILES string of the molecule is C/C(=N\NC(=O)C(=O)Nc1ccc(C(N)=O)cc1)c1ccc(F)cc1. The lowest BCUT2D eigenvalue weighted by molar-refractivity contribution is -0.136. The zero-order valence-electron chi connectivity index (χ0n) is 13.2. The number of hydrogen-bond donors (Lipinski definition) is 3. The Morgan fingerprint density at radius 3 is 2.04 bits per heavy atom. The van der Waals surface area contributed by atoms with Crippen LogP contribution in [0.25, 0.3) is 0 Å². The summed E-state index contributed by atoms with van der Waals surface area (Å²) in [6.07, 6.45) is 0. The van der Waals surface area contributed by atoms with Crippen LogP contribution in [0.15, 0.2) is 53.6 Å². The van der Waals surface area contributed by atoms with Crippen LogP contribution >= 0.6 is 0 Å². The fourth-order valence-electron chi connectivity index (χ4n) is 1.85. The quantitative estimate of drug-likeness (QED) is 0.443. The first-order chi connectivity index (χ1) is 11.9. The van der Waals surface area contributed by atoms with E-state index in [0.717, 1.165) is 0 Å². The summed E-state index contributed by atoms with van der Waals surface area (Å²) >= 11 is 0. The Balaban J connectivity index is 1.95. The van der Waals surface area contributed by atoms with E-state index in [1.165, 1.54) is 48.5 Å². The highest BCUT2D eigenvalue weighted by atomic mass is 19.1. The van der Waals surface area contributed by atoms with Crippen molar-refractivity contribution < 1.29 is 18.8 Å². The first-order valence-electron chi connectivity index (χ1n) is 7.18. The van der Waals surface area contributed by atoms with Gasteiger partial charge in [-0.15, -0.1) is 0 Å². The largest absolute Gasteiger partial charge is 0.366 e. The first-order valence-corrected chi connectivity index (χ1v) is 7.18. The van der Waals surface area contributed by atoms with Crippen molar-refractivity contribution in [3.63, 3.8) is 0 Å². The van der Waals surface area contributed by atoms with E-state index in [4.69, 9.17) is 5.73 Å². The van der Waals surface area contributed by atoms with Gasteiger partial charge in [-0.1, -0.05) is 12.1 Å². The van der Waals surface area contributed by atoms with Crippen molar-refractivity contribution in [2.24, 2.45) is 10.8 Å². The lowest BCUT2D eigenvalue weighted by Crippen LogP contribution is -2.33. The third kappa shape index (κ3) is 4.96. The van der Waals surface area contributed by atoms with E-state index in [1.807, 2.05) is 0 Å². The molecule has 0 aliphatic rings. The van der Waals surface area contributed by atoms with Crippen molar-refractivity contribution in [1.29, 1.82) is 0 Å². The standard InChI is InChI=1S/C17H15FN4O3/c1-10(11-2-6-13(18)7-3-11)21-22-17(25)16(24)20-14-8-4-12(5-9-14)15(19)23/h2-9H,1H3,(H2,19,23)(H,20,24)(H,22,25)/b21-10+. The number of halogens is 1. The minimum absolute atomic E-state index is 0.280. The molecule has 0 saturated carbocycles. The van der Waals surface area contributed by atoms with Crippen molar-refractivity contribution >= 4 is 29.1 Å². The van der Waals surface area contributed by atoms with Crippen LogP contribution in [0.2, 0.25) is 0 Å². The molecular formula is C17H15FN4O3. The van der Waals surface area contributed by atoms with Gasteiger partial charge < -0.3 is 11.1 Å². The Hall–Kier alpha value is -3.55. The van der Waals surface area contributed by atoms with Crippen LogP contribution < -0.4 is 16.5 Å². The van der Waals surface area contributed by atoms with Crippen molar-refractivity contribution in [2.45, 2.75) is 6.92 Å². The Bertz CT molecular complexity index is 830. The van der Waals surface area contributed by atoms with Crippen molar-refractivity contribution in [2.75, 3.05) is 5.32 Å². The predicted molar refractivity (Wildman–Crippen MR) is 90.3 cm³/mol. The van der Waals surface area contributed by atoms with Crippen LogP contribution in [-0.2, 0) is 9.59 Å². The molecule has 0 fully saturated rings. The molecule has 8 heteroatoms. The summed E-state index contributed by atoms with van der Waals surface area (Å²) in [5.74, 6) is -2.88. The van der Waals surface area contributed by atoms with Crippen LogP contribution in [0.1, 0.15) is 22.8 Å². The summed E-state index contributed by atoms with van der Waals surface area (Å²) in [6, 6.07) is 11.3. The van der Waals surface area contributed by atoms with Gasteiger partial charge in [0.25, 0.3) is 0 Å². The van der Waals surface area contributed by atoms with E-state index >= 15 is 0 Å². The Kier molecular flexibility index (Phi) is 5.57. The second-order valence-electron chi connectivity index (χ2n) is 5.04. The van der Waals surface area contributed by atoms with Gasteiger partial charge in [0.2, 0.25) is 5.91 Å². The maximum absolute atomic E-state index is 12.9. The minimum atomic E-state index is -0.972.